The van der Waals surface area contributed by atoms with Gasteiger partial charge in [0, 0.05) is 0 Å². The quantitative estimate of drug-likeness (QED) is 0.494. The van der Waals surface area contributed by atoms with Gasteiger partial charge in [0.1, 0.15) is 0 Å². The van der Waals surface area contributed by atoms with E-state index in [9.17, 15) is 0 Å². The first kappa shape index (κ1) is 19.8. The molecule has 0 aromatic heterocycles. The molecule has 0 bridgehead atoms. The Morgan fingerprint density at radius 1 is 0.750 bits per heavy atom. The minimum absolute atomic E-state index is 0.157. The summed E-state index contributed by atoms with van der Waals surface area (Å²) >= 11 is 4.48. The fraction of sp³-hybridized carbons (Fsp3) is 0.250. The second-order valence-corrected chi connectivity index (χ2v) is 16.4. The molecular formula is C24H26BrO2P. The molecule has 28 heavy (non-hydrogen) atoms. The summed E-state index contributed by atoms with van der Waals surface area (Å²) in [7, 11) is 0. The Bertz CT molecular complexity index is 796. The first-order valence-corrected chi connectivity index (χ1v) is 14.2. The van der Waals surface area contributed by atoms with Gasteiger partial charge in [-0.25, -0.2) is 0 Å². The summed E-state index contributed by atoms with van der Waals surface area (Å²) in [5, 5.41) is 1.07. The Kier molecular flexibility index (Phi) is 5.71. The predicted octanol–water partition coefficient (Wildman–Crippen LogP) is 4.84. The molecule has 0 aliphatic carbocycles. The van der Waals surface area contributed by atoms with Gasteiger partial charge in [0.2, 0.25) is 0 Å². The number of halogens is 1. The van der Waals surface area contributed by atoms with Gasteiger partial charge in [-0.15, -0.1) is 0 Å². The molecule has 146 valence electrons. The number of rotatable bonds is 6. The Morgan fingerprint density at radius 2 is 1.11 bits per heavy atom. The molecule has 1 heterocycles. The summed E-state index contributed by atoms with van der Waals surface area (Å²) < 4.78 is 11.8. The molecule has 4 heteroatoms. The zero-order valence-corrected chi connectivity index (χ0v) is 18.6. The van der Waals surface area contributed by atoms with Crippen molar-refractivity contribution in [3.8, 4) is 0 Å². The van der Waals surface area contributed by atoms with Gasteiger partial charge < -0.3 is 0 Å². The zero-order chi connectivity index (χ0) is 19.5. The van der Waals surface area contributed by atoms with E-state index < -0.39 is 5.31 Å². The van der Waals surface area contributed by atoms with Crippen LogP contribution < -0.4 is 15.9 Å². The van der Waals surface area contributed by atoms with Gasteiger partial charge in [-0.05, 0) is 0 Å². The average Bonchev–Trinajstić information content (AvgIpc) is 3.31. The third-order valence-corrected chi connectivity index (χ3v) is 15.6. The minimum atomic E-state index is -2.92. The fourth-order valence-corrected chi connectivity index (χ4v) is 13.0. The standard InChI is InChI=1S/C24H26BrO2P/c1-20(24-26-17-18-27-24)19-28(25,21-11-5-2-6-12-21,22-13-7-3-8-14-22)23-15-9-4-10-16-23/h2-16,20,24H,17-19H2,1H3. The third kappa shape index (κ3) is 3.35. The molecule has 1 saturated heterocycles. The van der Waals surface area contributed by atoms with E-state index in [2.05, 4.69) is 113 Å². The van der Waals surface area contributed by atoms with Crippen LogP contribution >= 0.6 is 20.8 Å². The topological polar surface area (TPSA) is 18.5 Å². The maximum absolute atomic E-state index is 5.89. The van der Waals surface area contributed by atoms with Gasteiger partial charge in [-0.3, -0.25) is 0 Å². The van der Waals surface area contributed by atoms with E-state index in [4.69, 9.17) is 9.47 Å². The van der Waals surface area contributed by atoms with Crippen LogP contribution in [0.1, 0.15) is 6.92 Å². The molecule has 1 fully saturated rings. The monoisotopic (exact) mass is 456 g/mol. The van der Waals surface area contributed by atoms with Gasteiger partial charge in [0.05, 0.1) is 0 Å². The summed E-state index contributed by atoms with van der Waals surface area (Å²) in [4.78, 5) is 0. The van der Waals surface area contributed by atoms with E-state index in [0.717, 1.165) is 6.16 Å². The van der Waals surface area contributed by atoms with Gasteiger partial charge in [0.25, 0.3) is 0 Å². The van der Waals surface area contributed by atoms with Crippen LogP contribution in [0.15, 0.2) is 91.0 Å². The van der Waals surface area contributed by atoms with Crippen molar-refractivity contribution in [2.45, 2.75) is 13.2 Å². The van der Waals surface area contributed by atoms with E-state index in [1.54, 1.807) is 0 Å². The van der Waals surface area contributed by atoms with Crippen molar-refractivity contribution < 1.29 is 9.47 Å². The van der Waals surface area contributed by atoms with Crippen molar-refractivity contribution in [2.75, 3.05) is 19.4 Å². The fourth-order valence-electron chi connectivity index (χ4n) is 4.31. The number of hydrogen-bond donors (Lipinski definition) is 0. The Hall–Kier alpha value is -1.51. The van der Waals surface area contributed by atoms with Gasteiger partial charge in [-0.2, -0.15) is 0 Å². The molecule has 3 aromatic rings. The van der Waals surface area contributed by atoms with Crippen LogP contribution in [0.5, 0.6) is 0 Å². The van der Waals surface area contributed by atoms with Crippen LogP contribution in [0, 0.1) is 5.92 Å². The van der Waals surface area contributed by atoms with E-state index in [1.165, 1.54) is 15.9 Å². The van der Waals surface area contributed by atoms with Gasteiger partial charge in [-0.1, -0.05) is 0 Å². The SMILES string of the molecule is CC(CP(Br)(c1ccccc1)(c1ccccc1)c1ccccc1)C1OCCO1. The first-order valence-electron chi connectivity index (χ1n) is 9.76. The maximum atomic E-state index is 5.89. The molecule has 4 rings (SSSR count). The molecule has 1 atom stereocenters. The van der Waals surface area contributed by atoms with Gasteiger partial charge in [0.15, 0.2) is 0 Å². The molecule has 0 radical (unpaired) electrons. The number of ether oxygens (including phenoxy) is 2. The molecular weight excluding hydrogens is 431 g/mol. The Labute approximate surface area is 175 Å². The van der Waals surface area contributed by atoms with E-state index in [0.29, 0.717) is 13.2 Å². The second-order valence-electron chi connectivity index (χ2n) is 7.46. The molecule has 0 spiro atoms. The van der Waals surface area contributed by atoms with Crippen LogP contribution in [-0.2, 0) is 9.47 Å². The van der Waals surface area contributed by atoms with Crippen LogP contribution in [0.2, 0.25) is 0 Å². The zero-order valence-electron chi connectivity index (χ0n) is 16.1. The van der Waals surface area contributed by atoms with E-state index in [-0.39, 0.29) is 12.2 Å². The first-order chi connectivity index (χ1) is 13.6. The molecule has 2 nitrogen and oxygen atoms in total. The number of hydrogen-bond acceptors (Lipinski definition) is 2. The second kappa shape index (κ2) is 8.08. The van der Waals surface area contributed by atoms with E-state index in [1.807, 2.05) is 0 Å². The van der Waals surface area contributed by atoms with Crippen molar-refractivity contribution >= 4 is 36.7 Å². The Morgan fingerprint density at radius 3 is 1.46 bits per heavy atom. The van der Waals surface area contributed by atoms with E-state index >= 15 is 0 Å². The average molecular weight is 457 g/mol. The van der Waals surface area contributed by atoms with Crippen molar-refractivity contribution in [3.05, 3.63) is 91.0 Å². The normalized spacial score (nSPS) is 17.7. The van der Waals surface area contributed by atoms with Crippen molar-refractivity contribution in [1.82, 2.24) is 0 Å². The summed E-state index contributed by atoms with van der Waals surface area (Å²) in [6.07, 6.45) is 0.768. The molecule has 1 unspecified atom stereocenters. The van der Waals surface area contributed by atoms with Crippen LogP contribution in [0.25, 0.3) is 0 Å². The van der Waals surface area contributed by atoms with Gasteiger partial charge >= 0.3 is 176 Å². The van der Waals surface area contributed by atoms with Crippen molar-refractivity contribution in [2.24, 2.45) is 5.92 Å². The molecule has 0 saturated carbocycles. The molecule has 0 N–H and O–H groups in total. The third-order valence-electron chi connectivity index (χ3n) is 5.63. The van der Waals surface area contributed by atoms with Crippen LogP contribution in [-0.4, -0.2) is 25.7 Å². The molecule has 1 aliphatic heterocycles. The van der Waals surface area contributed by atoms with Crippen LogP contribution in [0.4, 0.5) is 0 Å². The summed E-state index contributed by atoms with van der Waals surface area (Å²) in [6, 6.07) is 32.6. The van der Waals surface area contributed by atoms with Crippen molar-refractivity contribution in [3.63, 3.8) is 0 Å². The molecule has 0 amide bonds. The van der Waals surface area contributed by atoms with Crippen molar-refractivity contribution in [1.29, 1.82) is 0 Å². The summed E-state index contributed by atoms with van der Waals surface area (Å²) in [6.45, 7) is 3.60. The Balaban J connectivity index is 1.97. The number of benzene rings is 3. The summed E-state index contributed by atoms with van der Waals surface area (Å²) in [5.74, 6) is 0.236. The predicted molar refractivity (Wildman–Crippen MR) is 124 cm³/mol. The summed E-state index contributed by atoms with van der Waals surface area (Å²) in [5.41, 5.74) is 0. The molecule has 1 aliphatic rings. The van der Waals surface area contributed by atoms with Crippen LogP contribution in [0.3, 0.4) is 0 Å². The molecule has 3 aromatic carbocycles.